The molecule has 0 aliphatic rings. The number of rotatable bonds is 42. The van der Waals surface area contributed by atoms with E-state index in [4.69, 9.17) is 45.9 Å². The fraction of sp³-hybridized carbons (Fsp3) is 0.723. The Balaban J connectivity index is 6.68. The average Bonchev–Trinajstić information content (AvgIpc) is 3.38. The molecule has 0 heterocycles. The number of hydrogen-bond donors (Lipinski definition) is 21. The number of nitrogens with two attached hydrogens (primary N) is 8. The zero-order valence-corrected chi connectivity index (χ0v) is 46.8. The maximum atomic E-state index is 14.1. The number of carbonyl (C=O) groups excluding carboxylic acids is 11. The summed E-state index contributed by atoms with van der Waals surface area (Å²) in [5.74, 6) is -11.1. The summed E-state index contributed by atoms with van der Waals surface area (Å²) in [6.45, 7) is 4.84. The number of aliphatic hydroxyl groups excluding tert-OH is 3. The van der Waals surface area contributed by atoms with Gasteiger partial charge < -0.3 is 114 Å². The molecule has 0 bridgehead atoms. The van der Waals surface area contributed by atoms with Gasteiger partial charge >= 0.3 is 0 Å². The fourth-order valence-corrected chi connectivity index (χ4v) is 7.35. The van der Waals surface area contributed by atoms with Gasteiger partial charge in [0.15, 0.2) is 11.9 Å². The quantitative estimate of drug-likeness (QED) is 0.0153. The summed E-state index contributed by atoms with van der Waals surface area (Å²) in [4.78, 5) is 154. The number of guanidine groups is 2. The molecule has 81 heavy (non-hydrogen) atoms. The molecule has 0 aliphatic carbocycles. The van der Waals surface area contributed by atoms with Gasteiger partial charge in [-0.2, -0.15) is 0 Å². The van der Waals surface area contributed by atoms with Gasteiger partial charge in [0.25, 0.3) is 0 Å². The van der Waals surface area contributed by atoms with Crippen LogP contribution in [0.1, 0.15) is 105 Å². The highest BCUT2D eigenvalue weighted by atomic mass is 16.3. The molecule has 0 unspecified atom stereocenters. The second-order valence-corrected chi connectivity index (χ2v) is 19.2. The molecular formula is C47H90N20O14. The lowest BCUT2D eigenvalue weighted by molar-refractivity contribution is -0.137. The summed E-state index contributed by atoms with van der Waals surface area (Å²) in [6, 6.07) is -14.8. The van der Waals surface area contributed by atoms with E-state index in [0.717, 1.165) is 6.92 Å². The number of nitrogens with zero attached hydrogens (tertiary/aromatic N) is 2. The van der Waals surface area contributed by atoms with Crippen molar-refractivity contribution >= 4 is 76.9 Å². The van der Waals surface area contributed by atoms with Crippen molar-refractivity contribution in [2.24, 2.45) is 55.9 Å². The Kier molecular flexibility index (Phi) is 36.1. The molecule has 34 heteroatoms. The first-order valence-corrected chi connectivity index (χ1v) is 26.5. The van der Waals surface area contributed by atoms with Crippen LogP contribution in [0, 0.1) is 0 Å². The van der Waals surface area contributed by atoms with Gasteiger partial charge in [0.2, 0.25) is 65.0 Å². The Morgan fingerprint density at radius 2 is 0.802 bits per heavy atom. The molecule has 0 aromatic heterocycles. The minimum Gasteiger partial charge on any atom is -0.394 e. The molecule has 34 nitrogen and oxygen atoms in total. The van der Waals surface area contributed by atoms with E-state index in [1.54, 1.807) is 7.05 Å². The third-order valence-corrected chi connectivity index (χ3v) is 12.0. The summed E-state index contributed by atoms with van der Waals surface area (Å²) < 4.78 is 0. The molecular weight excluding hydrogens is 1070 g/mol. The Hall–Kier alpha value is -7.53. The van der Waals surface area contributed by atoms with Crippen LogP contribution >= 0.6 is 0 Å². The standard InChI is InChI=1S/C47H90N20O14/c1-23(49)37(73)60-30(15-11-21-58-47(54)55)42(78)67-35(26(4)70)45(81)64-28(13-7-9-19-56-5)39(75)63-31(16-17-33(50)71)43(79)66-34(25(3)69)44(80)59-24(2)38(74)61-29(14-10-20-57-46(52)53)40(76)62-27(12-6-8-18-48)41(77)65-32(22-68)36(51)72/h23-32,34-35,56,68-70H,6-22,48-49H2,1-5H3,(H2,50,71)(H2,51,72)(H,59,80)(H,60,73)(H,61,74)(H,62,76)(H,63,75)(H,64,81)(H,65,77)(H,66,79)(H,67,78)(H4,52,53,57)(H4,54,55,58)/t23-,24-,25+,26+,27-,28-,29-,30-,31-,32-,34-,35-/m0/s1. The lowest BCUT2D eigenvalue weighted by atomic mass is 10.0. The number of hydrogen-bond acceptors (Lipinski definition) is 19. The van der Waals surface area contributed by atoms with Crippen LogP contribution in [-0.4, -0.2) is 205 Å². The van der Waals surface area contributed by atoms with E-state index in [9.17, 15) is 68.1 Å². The van der Waals surface area contributed by atoms with E-state index in [-0.39, 0.29) is 70.1 Å². The number of unbranched alkanes of at least 4 members (excludes halogenated alkanes) is 2. The summed E-state index contributed by atoms with van der Waals surface area (Å²) in [7, 11) is 1.68. The molecule has 0 aromatic carbocycles. The molecule has 0 saturated heterocycles. The van der Waals surface area contributed by atoms with Crippen molar-refractivity contribution in [2.45, 2.75) is 177 Å². The van der Waals surface area contributed by atoms with Gasteiger partial charge in [-0.3, -0.25) is 62.7 Å². The van der Waals surface area contributed by atoms with Gasteiger partial charge in [0, 0.05) is 19.5 Å². The maximum Gasteiger partial charge on any atom is 0.245 e. The lowest BCUT2D eigenvalue weighted by Gasteiger charge is -2.29. The smallest absolute Gasteiger partial charge is 0.245 e. The van der Waals surface area contributed by atoms with Gasteiger partial charge in [-0.05, 0) is 118 Å². The van der Waals surface area contributed by atoms with Crippen LogP contribution in [-0.2, 0) is 52.7 Å². The first kappa shape index (κ1) is 73.5. The Morgan fingerprint density at radius 1 is 0.444 bits per heavy atom. The van der Waals surface area contributed by atoms with E-state index in [2.05, 4.69) is 63.2 Å². The number of nitrogens with one attached hydrogen (secondary N) is 10. The minimum absolute atomic E-state index is 0.00137. The van der Waals surface area contributed by atoms with Gasteiger partial charge in [-0.1, -0.05) is 0 Å². The van der Waals surface area contributed by atoms with Crippen molar-refractivity contribution in [3.05, 3.63) is 0 Å². The van der Waals surface area contributed by atoms with E-state index >= 15 is 0 Å². The molecule has 0 aromatic rings. The highest BCUT2D eigenvalue weighted by Crippen LogP contribution is 2.10. The first-order chi connectivity index (χ1) is 38.0. The molecule has 0 saturated carbocycles. The zero-order valence-electron chi connectivity index (χ0n) is 46.8. The highest BCUT2D eigenvalue weighted by Gasteiger charge is 2.36. The Labute approximate surface area is 470 Å². The van der Waals surface area contributed by atoms with E-state index < -0.39 is 157 Å². The second-order valence-electron chi connectivity index (χ2n) is 19.2. The van der Waals surface area contributed by atoms with Crippen LogP contribution in [0.2, 0.25) is 0 Å². The molecule has 0 aliphatic heterocycles. The largest absolute Gasteiger partial charge is 0.394 e. The first-order valence-electron chi connectivity index (χ1n) is 26.5. The summed E-state index contributed by atoms with van der Waals surface area (Å²) in [5, 5.41) is 55.7. The Morgan fingerprint density at radius 3 is 1.17 bits per heavy atom. The maximum absolute atomic E-state index is 14.1. The molecule has 0 rings (SSSR count). The van der Waals surface area contributed by atoms with E-state index in [0.29, 0.717) is 32.2 Å². The van der Waals surface area contributed by atoms with Gasteiger partial charge in [-0.15, -0.1) is 0 Å². The van der Waals surface area contributed by atoms with Gasteiger partial charge in [0.05, 0.1) is 24.9 Å². The summed E-state index contributed by atoms with van der Waals surface area (Å²) in [5.41, 5.74) is 43.6. The van der Waals surface area contributed by atoms with Crippen LogP contribution in [0.4, 0.5) is 0 Å². The van der Waals surface area contributed by atoms with Crippen LogP contribution < -0.4 is 99.0 Å². The van der Waals surface area contributed by atoms with Crippen molar-refractivity contribution in [3.63, 3.8) is 0 Å². The summed E-state index contributed by atoms with van der Waals surface area (Å²) in [6.07, 6.45) is -2.65. The summed E-state index contributed by atoms with van der Waals surface area (Å²) >= 11 is 0. The van der Waals surface area contributed by atoms with Crippen molar-refractivity contribution in [1.29, 1.82) is 0 Å². The molecule has 0 spiro atoms. The highest BCUT2D eigenvalue weighted by molar-refractivity contribution is 5.99. The predicted octanol–water partition coefficient (Wildman–Crippen LogP) is -10.2. The van der Waals surface area contributed by atoms with E-state index in [1.165, 1.54) is 20.8 Å². The molecule has 0 fully saturated rings. The predicted molar refractivity (Wildman–Crippen MR) is 295 cm³/mol. The van der Waals surface area contributed by atoms with Crippen LogP contribution in [0.25, 0.3) is 0 Å². The molecule has 462 valence electrons. The molecule has 11 amide bonds. The normalized spacial score (nSPS) is 15.4. The van der Waals surface area contributed by atoms with Gasteiger partial charge in [0.1, 0.15) is 54.4 Å². The van der Waals surface area contributed by atoms with Crippen LogP contribution in [0.5, 0.6) is 0 Å². The van der Waals surface area contributed by atoms with Crippen LogP contribution in [0.3, 0.4) is 0 Å². The number of carbonyl (C=O) groups is 11. The molecule has 12 atom stereocenters. The van der Waals surface area contributed by atoms with Gasteiger partial charge in [-0.25, -0.2) is 0 Å². The Bertz CT molecular complexity index is 2120. The SMILES string of the molecule is CNCCCC[C@H](NC(=O)[C@@H](NC(=O)[C@H](CCCN=C(N)N)NC(=O)[C@H](C)N)[C@@H](C)O)C(=O)N[C@@H](CCC(N)=O)C(=O)N[C@H](C(=O)N[C@@H](C)C(=O)N[C@@H](CCCN=C(N)N)C(=O)N[C@@H](CCCCN)C(=O)N[C@@H](CO)C(N)=O)[C@@H](C)O. The number of aliphatic hydroxyl groups is 3. The average molecular weight is 1160 g/mol. The monoisotopic (exact) mass is 1160 g/mol. The third-order valence-electron chi connectivity index (χ3n) is 12.0. The van der Waals surface area contributed by atoms with Crippen LogP contribution in [0.15, 0.2) is 9.98 Å². The second kappa shape index (κ2) is 39.8. The zero-order chi connectivity index (χ0) is 61.9. The molecule has 29 N–H and O–H groups in total. The van der Waals surface area contributed by atoms with Crippen molar-refractivity contribution < 1.29 is 68.1 Å². The van der Waals surface area contributed by atoms with E-state index in [1.807, 2.05) is 0 Å². The number of amides is 11. The number of aliphatic imine (C=N–C) groups is 2. The fourth-order valence-electron chi connectivity index (χ4n) is 7.35. The minimum atomic E-state index is -1.85. The lowest BCUT2D eigenvalue weighted by Crippen LogP contribution is -2.62. The third kappa shape index (κ3) is 30.6. The topological polar surface area (TPSA) is 602 Å². The van der Waals surface area contributed by atoms with Crippen molar-refractivity contribution in [2.75, 3.05) is 39.8 Å². The number of primary amides is 2. The molecule has 0 radical (unpaired) electrons. The van der Waals surface area contributed by atoms with Crippen molar-refractivity contribution in [3.8, 4) is 0 Å². The van der Waals surface area contributed by atoms with Crippen molar-refractivity contribution in [1.82, 2.24) is 53.2 Å².